The van der Waals surface area contributed by atoms with Gasteiger partial charge in [0.15, 0.2) is 0 Å². The summed E-state index contributed by atoms with van der Waals surface area (Å²) in [6.07, 6.45) is 20.6. The van der Waals surface area contributed by atoms with Crippen molar-refractivity contribution < 1.29 is 19.4 Å². The highest BCUT2D eigenvalue weighted by atomic mass is 16.5. The molecule has 1 N–H and O–H groups in total. The van der Waals surface area contributed by atoms with Crippen molar-refractivity contribution in [2.24, 2.45) is 35.5 Å². The van der Waals surface area contributed by atoms with Crippen LogP contribution in [0, 0.1) is 47.5 Å². The fourth-order valence-electron chi connectivity index (χ4n) is 15.7. The van der Waals surface area contributed by atoms with Crippen LogP contribution < -0.4 is 0 Å². The zero-order valence-electron chi connectivity index (χ0n) is 38.2. The zero-order valence-corrected chi connectivity index (χ0v) is 38.2. The molecule has 2 aliphatic heterocycles. The summed E-state index contributed by atoms with van der Waals surface area (Å²) in [4.78, 5) is 40.5. The van der Waals surface area contributed by atoms with Crippen molar-refractivity contribution in [2.45, 2.75) is 185 Å². The van der Waals surface area contributed by atoms with Crippen LogP contribution in [0.4, 0.5) is 0 Å². The third kappa shape index (κ3) is 8.67. The van der Waals surface area contributed by atoms with E-state index in [-0.39, 0.29) is 29.8 Å². The molecule has 14 unspecified atom stereocenters. The quantitative estimate of drug-likeness (QED) is 0.158. The summed E-state index contributed by atoms with van der Waals surface area (Å²) in [5.41, 5.74) is 2.48. The average Bonchev–Trinajstić information content (AvgIpc) is 3.81. The van der Waals surface area contributed by atoms with Gasteiger partial charge in [0.2, 0.25) is 5.78 Å². The van der Waals surface area contributed by atoms with E-state index < -0.39 is 5.92 Å². The van der Waals surface area contributed by atoms with E-state index in [0.717, 1.165) is 63.7 Å². The fraction of sp³-hybridized carbons (Fsp3) is 0.704. The molecule has 8 nitrogen and oxygen atoms in total. The summed E-state index contributed by atoms with van der Waals surface area (Å²) in [6, 6.07) is 24.5. The van der Waals surface area contributed by atoms with Gasteiger partial charge in [0.1, 0.15) is 6.11 Å². The van der Waals surface area contributed by atoms with E-state index in [1.165, 1.54) is 75.3 Å². The normalized spacial score (nSPS) is 37.1. The van der Waals surface area contributed by atoms with Crippen LogP contribution >= 0.6 is 0 Å². The minimum absolute atomic E-state index is 0.124. The second kappa shape index (κ2) is 19.9. The van der Waals surface area contributed by atoms with E-state index >= 15 is 0 Å². The Hall–Kier alpha value is -3.22. The van der Waals surface area contributed by atoms with Gasteiger partial charge in [-0.3, -0.25) is 29.2 Å². The third-order valence-electron chi connectivity index (χ3n) is 18.0. The summed E-state index contributed by atoms with van der Waals surface area (Å²) in [7, 11) is 0. The maximum absolute atomic E-state index is 14.7. The summed E-state index contributed by atoms with van der Waals surface area (Å²) in [5.74, 6) is 4.34. The van der Waals surface area contributed by atoms with E-state index in [0.29, 0.717) is 67.5 Å². The Morgan fingerprint density at radius 1 is 0.597 bits per heavy atom. The summed E-state index contributed by atoms with van der Waals surface area (Å²) in [5, 5.41) is 10.1. The maximum atomic E-state index is 14.7. The highest BCUT2D eigenvalue weighted by molar-refractivity contribution is 5.97. The first-order valence-electron chi connectivity index (χ1n) is 25.4. The van der Waals surface area contributed by atoms with Crippen LogP contribution in [0.3, 0.4) is 0 Å². The van der Waals surface area contributed by atoms with Gasteiger partial charge in [-0.25, -0.2) is 0 Å². The Kier molecular flexibility index (Phi) is 14.1. The average molecular weight is 845 g/mol. The topological polar surface area (TPSA) is 76.6 Å². The molecule has 2 heterocycles. The number of esters is 1. The molecule has 0 bridgehead atoms. The minimum atomic E-state index is -0.440. The molecule has 2 saturated heterocycles. The number of hydrogen-bond acceptors (Lipinski definition) is 8. The van der Waals surface area contributed by atoms with Crippen molar-refractivity contribution in [3.63, 3.8) is 0 Å². The van der Waals surface area contributed by atoms with Gasteiger partial charge in [0.05, 0.1) is 12.5 Å². The first-order chi connectivity index (χ1) is 30.4. The zero-order chi connectivity index (χ0) is 42.7. The molecule has 9 rings (SSSR count). The Balaban J connectivity index is 1.08. The first kappa shape index (κ1) is 44.0. The van der Waals surface area contributed by atoms with Crippen molar-refractivity contribution in [1.29, 1.82) is 0 Å². The maximum Gasteiger partial charge on any atom is 0.310 e. The predicted molar refractivity (Wildman–Crippen MR) is 245 cm³/mol. The van der Waals surface area contributed by atoms with Crippen LogP contribution in [0.15, 0.2) is 60.7 Å². The molecule has 8 heteroatoms. The Bertz CT molecular complexity index is 1850. The van der Waals surface area contributed by atoms with E-state index in [4.69, 9.17) is 4.74 Å². The van der Waals surface area contributed by atoms with Crippen molar-refractivity contribution in [1.82, 2.24) is 19.6 Å². The van der Waals surface area contributed by atoms with Gasteiger partial charge in [0.25, 0.3) is 0 Å². The molecule has 2 aromatic carbocycles. The van der Waals surface area contributed by atoms with Crippen LogP contribution in [-0.2, 0) is 27.4 Å². The molecular formula is C54H76N4O4. The van der Waals surface area contributed by atoms with Gasteiger partial charge in [-0.2, -0.15) is 0 Å². The largest absolute Gasteiger partial charge is 0.466 e. The lowest BCUT2D eigenvalue weighted by Crippen LogP contribution is -2.61. The van der Waals surface area contributed by atoms with Gasteiger partial charge < -0.3 is 9.84 Å². The number of carbonyl (C=O) groups excluding carboxylic acids is 2. The second-order valence-corrected chi connectivity index (χ2v) is 20.6. The number of aliphatic hydroxyl groups is 1. The highest BCUT2D eigenvalue weighted by Gasteiger charge is 2.56. The van der Waals surface area contributed by atoms with Gasteiger partial charge in [0, 0.05) is 73.3 Å². The molecule has 0 aromatic heterocycles. The Labute approximate surface area is 373 Å². The lowest BCUT2D eigenvalue weighted by atomic mass is 9.68. The van der Waals surface area contributed by atoms with Crippen molar-refractivity contribution in [2.75, 3.05) is 19.7 Å². The molecule has 0 spiro atoms. The number of fused-ring (bicyclic) bond motifs is 6. The standard InChI is InChI=1S/C54H76N4O4/c1-4-55-47-23-15-13-21-41(47)43-31-39(25-27-49(43)55)57(35-37-17-9-7-10-18-37)51-34-46(54(61)62-6-3)52(33-45(51)53(60)29-30-59)58(36-38-19-11-8-12-20-38)40-26-28-50-44(32-40)42-22-14-16-24-48(42)56(50)5-2/h7-12,17-20,39-52,59H,4-6,13-16,21-28,31-36H2,1-3H3. The number of hydrogen-bond donors (Lipinski definition) is 1. The number of ether oxygens (including phenoxy) is 1. The third-order valence-corrected chi connectivity index (χ3v) is 18.0. The van der Waals surface area contributed by atoms with Crippen LogP contribution in [0.1, 0.15) is 135 Å². The van der Waals surface area contributed by atoms with Crippen molar-refractivity contribution in [3.05, 3.63) is 71.8 Å². The van der Waals surface area contributed by atoms with Gasteiger partial charge in [-0.05, 0) is 132 Å². The van der Waals surface area contributed by atoms with Gasteiger partial charge in [-0.1, -0.05) is 100 Å². The first-order valence-corrected chi connectivity index (χ1v) is 25.4. The van der Waals surface area contributed by atoms with E-state index in [9.17, 15) is 14.7 Å². The molecule has 62 heavy (non-hydrogen) atoms. The van der Waals surface area contributed by atoms with Crippen LogP contribution in [0.25, 0.3) is 0 Å². The smallest absolute Gasteiger partial charge is 0.310 e. The molecule has 0 amide bonds. The SMILES string of the molecule is CCOC(=O)C1CC(N(Cc2ccccc2)C2CCC3C(C2)C2CCCCC2N3CC)C(C(=O)C#CO)CC1N(Cc1ccccc1)C1CCC2C(C1)C1CCCCC1N2CC. The number of nitrogens with zero attached hydrogens (tertiary/aromatic N) is 4. The highest BCUT2D eigenvalue weighted by Crippen LogP contribution is 2.53. The molecule has 7 aliphatic rings. The van der Waals surface area contributed by atoms with Crippen LogP contribution in [-0.4, -0.2) is 104 Å². The molecule has 0 radical (unpaired) electrons. The molecule has 336 valence electrons. The van der Waals surface area contributed by atoms with Gasteiger partial charge >= 0.3 is 5.97 Å². The Morgan fingerprint density at radius 3 is 1.52 bits per heavy atom. The van der Waals surface area contributed by atoms with Crippen molar-refractivity contribution in [3.8, 4) is 12.0 Å². The van der Waals surface area contributed by atoms with E-state index in [1.54, 1.807) is 0 Å². The summed E-state index contributed by atoms with van der Waals surface area (Å²) >= 11 is 0. The summed E-state index contributed by atoms with van der Waals surface area (Å²) in [6.45, 7) is 10.7. The number of ketones is 1. The molecule has 5 saturated carbocycles. The molecule has 14 atom stereocenters. The molecule has 2 aromatic rings. The Morgan fingerprint density at radius 2 is 1.05 bits per heavy atom. The van der Waals surface area contributed by atoms with Crippen molar-refractivity contribution >= 4 is 11.8 Å². The molecule has 7 fully saturated rings. The number of carbonyl (C=O) groups is 2. The van der Waals surface area contributed by atoms with Gasteiger partial charge in [-0.15, -0.1) is 0 Å². The number of Topliss-reactive ketones (excluding diaryl/α,β-unsaturated/α-hetero) is 1. The number of likely N-dealkylation sites (tertiary alicyclic amines) is 2. The molecular weight excluding hydrogens is 769 g/mol. The number of rotatable bonds is 13. The van der Waals surface area contributed by atoms with E-state index in [1.807, 2.05) is 6.92 Å². The summed E-state index contributed by atoms with van der Waals surface area (Å²) < 4.78 is 6.09. The second-order valence-electron chi connectivity index (χ2n) is 20.6. The fourth-order valence-corrected chi connectivity index (χ4v) is 15.7. The minimum Gasteiger partial charge on any atom is -0.466 e. The monoisotopic (exact) mass is 845 g/mol. The lowest BCUT2D eigenvalue weighted by Gasteiger charge is -2.53. The van der Waals surface area contributed by atoms with Crippen LogP contribution in [0.5, 0.6) is 0 Å². The lowest BCUT2D eigenvalue weighted by molar-refractivity contribution is -0.158. The van der Waals surface area contributed by atoms with Crippen LogP contribution in [0.2, 0.25) is 0 Å². The predicted octanol–water partition coefficient (Wildman–Crippen LogP) is 9.08. The number of aliphatic hydroxyl groups excluding tert-OH is 1. The molecule has 5 aliphatic carbocycles. The van der Waals surface area contributed by atoms with E-state index in [2.05, 4.69) is 106 Å². The number of benzene rings is 2.